The van der Waals surface area contributed by atoms with E-state index in [4.69, 9.17) is 0 Å². The molecule has 2 rings (SSSR count). The van der Waals surface area contributed by atoms with Crippen molar-refractivity contribution in [1.82, 2.24) is 5.32 Å². The third-order valence-corrected chi connectivity index (χ3v) is 4.92. The first kappa shape index (κ1) is 16.1. The van der Waals surface area contributed by atoms with Crippen molar-refractivity contribution in [3.05, 3.63) is 63.9 Å². The van der Waals surface area contributed by atoms with Crippen LogP contribution in [0, 0.1) is 5.82 Å². The van der Waals surface area contributed by atoms with Crippen molar-refractivity contribution >= 4 is 25.8 Å². The fraction of sp³-hybridized carbons (Fsp3) is 0.200. The molecule has 0 aliphatic rings. The molecule has 1 N–H and O–H groups in total. The number of hydrogen-bond acceptors (Lipinski definition) is 3. The standard InChI is InChI=1S/C15H15BrFNO2S/c1-18-15(12-7-4-8-13(16)14(12)17)10-5-3-6-11(9-10)21(2,19)20/h3-9,15,18H,1-2H3. The highest BCUT2D eigenvalue weighted by atomic mass is 79.9. The fourth-order valence-electron chi connectivity index (χ4n) is 2.17. The lowest BCUT2D eigenvalue weighted by atomic mass is 9.98. The zero-order valence-electron chi connectivity index (χ0n) is 11.6. The topological polar surface area (TPSA) is 46.2 Å². The Hall–Kier alpha value is -1.24. The maximum absolute atomic E-state index is 14.3. The Bertz CT molecular complexity index is 762. The molecule has 0 amide bonds. The molecule has 112 valence electrons. The van der Waals surface area contributed by atoms with Gasteiger partial charge in [0.1, 0.15) is 5.82 Å². The molecular formula is C15H15BrFNO2S. The maximum atomic E-state index is 14.3. The smallest absolute Gasteiger partial charge is 0.175 e. The molecule has 0 aromatic heterocycles. The summed E-state index contributed by atoms with van der Waals surface area (Å²) in [7, 11) is -1.59. The van der Waals surface area contributed by atoms with Crippen LogP contribution in [-0.4, -0.2) is 21.7 Å². The lowest BCUT2D eigenvalue weighted by Gasteiger charge is -2.19. The molecule has 21 heavy (non-hydrogen) atoms. The summed E-state index contributed by atoms with van der Waals surface area (Å²) in [5.41, 5.74) is 1.15. The van der Waals surface area contributed by atoms with Crippen LogP contribution in [-0.2, 0) is 9.84 Å². The van der Waals surface area contributed by atoms with Crippen molar-refractivity contribution < 1.29 is 12.8 Å². The summed E-state index contributed by atoms with van der Waals surface area (Å²) in [6, 6.07) is 11.1. The minimum Gasteiger partial charge on any atom is -0.309 e. The van der Waals surface area contributed by atoms with Crippen LogP contribution in [0.4, 0.5) is 4.39 Å². The SMILES string of the molecule is CNC(c1cccc(S(C)(=O)=O)c1)c1cccc(Br)c1F. The van der Waals surface area contributed by atoms with Crippen molar-refractivity contribution in [1.29, 1.82) is 0 Å². The fourth-order valence-corrected chi connectivity index (χ4v) is 3.23. The molecule has 0 aliphatic heterocycles. The summed E-state index contributed by atoms with van der Waals surface area (Å²) >= 11 is 3.16. The van der Waals surface area contributed by atoms with Crippen molar-refractivity contribution in [3.8, 4) is 0 Å². The molecule has 0 heterocycles. The van der Waals surface area contributed by atoms with Gasteiger partial charge in [-0.1, -0.05) is 24.3 Å². The number of halogens is 2. The van der Waals surface area contributed by atoms with Crippen molar-refractivity contribution in [2.24, 2.45) is 0 Å². The van der Waals surface area contributed by atoms with Gasteiger partial charge in [-0.15, -0.1) is 0 Å². The van der Waals surface area contributed by atoms with Gasteiger partial charge in [0.25, 0.3) is 0 Å². The normalized spacial score (nSPS) is 13.1. The maximum Gasteiger partial charge on any atom is 0.175 e. The zero-order valence-corrected chi connectivity index (χ0v) is 14.0. The Balaban J connectivity index is 2.55. The molecular weight excluding hydrogens is 357 g/mol. The van der Waals surface area contributed by atoms with Gasteiger partial charge in [0.2, 0.25) is 0 Å². The third-order valence-electron chi connectivity index (χ3n) is 3.20. The monoisotopic (exact) mass is 371 g/mol. The van der Waals surface area contributed by atoms with Crippen LogP contribution in [0.2, 0.25) is 0 Å². The van der Waals surface area contributed by atoms with Crippen LogP contribution < -0.4 is 5.32 Å². The van der Waals surface area contributed by atoms with Crippen LogP contribution in [0.5, 0.6) is 0 Å². The van der Waals surface area contributed by atoms with E-state index in [-0.39, 0.29) is 10.7 Å². The van der Waals surface area contributed by atoms with E-state index in [9.17, 15) is 12.8 Å². The molecule has 0 bridgehead atoms. The number of nitrogens with one attached hydrogen (secondary N) is 1. The van der Waals surface area contributed by atoms with Crippen molar-refractivity contribution in [2.75, 3.05) is 13.3 Å². The highest BCUT2D eigenvalue weighted by Crippen LogP contribution is 2.29. The first-order chi connectivity index (χ1) is 9.84. The molecule has 6 heteroatoms. The molecule has 2 aromatic carbocycles. The minimum absolute atomic E-state index is 0.218. The Morgan fingerprint density at radius 2 is 1.86 bits per heavy atom. The largest absolute Gasteiger partial charge is 0.309 e. The van der Waals surface area contributed by atoms with Gasteiger partial charge in [-0.05, 0) is 46.7 Å². The summed E-state index contributed by atoms with van der Waals surface area (Å²) in [5, 5.41) is 3.03. The van der Waals surface area contributed by atoms with E-state index in [1.807, 2.05) is 0 Å². The molecule has 0 radical (unpaired) electrons. The predicted molar refractivity (Wildman–Crippen MR) is 84.6 cm³/mol. The minimum atomic E-state index is -3.30. The number of hydrogen-bond donors (Lipinski definition) is 1. The van der Waals surface area contributed by atoms with Gasteiger partial charge in [0.15, 0.2) is 9.84 Å². The van der Waals surface area contributed by atoms with E-state index in [2.05, 4.69) is 21.2 Å². The van der Waals surface area contributed by atoms with E-state index >= 15 is 0 Å². The molecule has 2 aromatic rings. The summed E-state index contributed by atoms with van der Waals surface area (Å²) < 4.78 is 37.9. The molecule has 0 saturated heterocycles. The Morgan fingerprint density at radius 3 is 2.48 bits per heavy atom. The summed E-state index contributed by atoms with van der Waals surface area (Å²) in [4.78, 5) is 0.218. The highest BCUT2D eigenvalue weighted by Gasteiger charge is 2.19. The van der Waals surface area contributed by atoms with E-state index < -0.39 is 15.9 Å². The number of sulfone groups is 1. The van der Waals surface area contributed by atoms with E-state index in [1.54, 1.807) is 43.4 Å². The molecule has 0 fully saturated rings. The molecule has 1 unspecified atom stereocenters. The summed E-state index contributed by atoms with van der Waals surface area (Å²) in [6.07, 6.45) is 1.15. The average molecular weight is 372 g/mol. The van der Waals surface area contributed by atoms with Crippen molar-refractivity contribution in [2.45, 2.75) is 10.9 Å². The average Bonchev–Trinajstić information content (AvgIpc) is 2.44. The van der Waals surface area contributed by atoms with E-state index in [0.717, 1.165) is 6.26 Å². The Morgan fingerprint density at radius 1 is 1.19 bits per heavy atom. The predicted octanol–water partition coefficient (Wildman–Crippen LogP) is 3.30. The molecule has 3 nitrogen and oxygen atoms in total. The second kappa shape index (κ2) is 6.25. The lowest BCUT2D eigenvalue weighted by Crippen LogP contribution is -2.19. The van der Waals surface area contributed by atoms with Gasteiger partial charge in [-0.25, -0.2) is 12.8 Å². The van der Waals surface area contributed by atoms with Crippen LogP contribution in [0.25, 0.3) is 0 Å². The van der Waals surface area contributed by atoms with E-state index in [1.165, 1.54) is 6.07 Å². The second-order valence-corrected chi connectivity index (χ2v) is 7.58. The second-order valence-electron chi connectivity index (χ2n) is 4.71. The molecule has 0 aliphatic carbocycles. The Labute approximate surface area is 132 Å². The molecule has 0 spiro atoms. The van der Waals surface area contributed by atoms with Gasteiger partial charge < -0.3 is 5.32 Å². The molecule has 1 atom stereocenters. The number of rotatable bonds is 4. The van der Waals surface area contributed by atoms with Gasteiger partial charge in [-0.3, -0.25) is 0 Å². The summed E-state index contributed by atoms with van der Waals surface area (Å²) in [5.74, 6) is -0.360. The number of benzene rings is 2. The first-order valence-corrected chi connectivity index (χ1v) is 8.94. The van der Waals surface area contributed by atoms with Gasteiger partial charge in [0, 0.05) is 11.8 Å². The third kappa shape index (κ3) is 3.51. The van der Waals surface area contributed by atoms with E-state index in [0.29, 0.717) is 15.6 Å². The highest BCUT2D eigenvalue weighted by molar-refractivity contribution is 9.10. The van der Waals surface area contributed by atoms with Gasteiger partial charge >= 0.3 is 0 Å². The van der Waals surface area contributed by atoms with Crippen LogP contribution >= 0.6 is 15.9 Å². The Kier molecular flexibility index (Phi) is 4.81. The molecule has 0 saturated carbocycles. The zero-order chi connectivity index (χ0) is 15.6. The lowest BCUT2D eigenvalue weighted by molar-refractivity contribution is 0.570. The van der Waals surface area contributed by atoms with Crippen LogP contribution in [0.3, 0.4) is 0 Å². The van der Waals surface area contributed by atoms with Crippen LogP contribution in [0.15, 0.2) is 51.8 Å². The van der Waals surface area contributed by atoms with Gasteiger partial charge in [-0.2, -0.15) is 0 Å². The quantitative estimate of drug-likeness (QED) is 0.896. The van der Waals surface area contributed by atoms with Crippen LogP contribution in [0.1, 0.15) is 17.2 Å². The summed E-state index contributed by atoms with van der Waals surface area (Å²) in [6.45, 7) is 0. The van der Waals surface area contributed by atoms with Crippen molar-refractivity contribution in [3.63, 3.8) is 0 Å². The van der Waals surface area contributed by atoms with Gasteiger partial charge in [0.05, 0.1) is 15.4 Å². The first-order valence-electron chi connectivity index (χ1n) is 6.26.